The molecule has 1 N–H and O–H groups in total. The Bertz CT molecular complexity index is 920. The van der Waals surface area contributed by atoms with E-state index in [2.05, 4.69) is 10.3 Å². The molecule has 0 spiro atoms. The largest absolute Gasteiger partial charge is 0.385 e. The number of para-hydroxylation sites is 1. The quantitative estimate of drug-likeness (QED) is 0.416. The van der Waals surface area contributed by atoms with Crippen LogP contribution in [0.3, 0.4) is 0 Å². The number of carbonyl (C=O) groups is 2. The van der Waals surface area contributed by atoms with Gasteiger partial charge in [0, 0.05) is 32.6 Å². The monoisotopic (exact) mass is 402 g/mol. The van der Waals surface area contributed by atoms with Gasteiger partial charge in [0.25, 0.3) is 5.91 Å². The average Bonchev–Trinajstić information content (AvgIpc) is 3.12. The maximum atomic E-state index is 14.1. The van der Waals surface area contributed by atoms with Gasteiger partial charge in [0.1, 0.15) is 17.5 Å². The van der Waals surface area contributed by atoms with Crippen LogP contribution in [0.5, 0.6) is 0 Å². The lowest BCUT2D eigenvalue weighted by molar-refractivity contribution is -0.117. The summed E-state index contributed by atoms with van der Waals surface area (Å²) >= 11 is 1.10. The molecule has 7 nitrogen and oxygen atoms in total. The molecule has 0 radical (unpaired) electrons. The summed E-state index contributed by atoms with van der Waals surface area (Å²) in [6, 6.07) is 7.70. The summed E-state index contributed by atoms with van der Waals surface area (Å²) in [5, 5.41) is 13.7. The molecular formula is C19H19FN4O3S. The van der Waals surface area contributed by atoms with Crippen LogP contribution in [-0.2, 0) is 14.3 Å². The number of hydrogen-bond donors (Lipinski definition) is 1. The smallest absolute Gasteiger partial charge is 0.262 e. The number of anilines is 2. The Morgan fingerprint density at radius 1 is 1.43 bits per heavy atom. The van der Waals surface area contributed by atoms with Crippen molar-refractivity contribution in [3.63, 3.8) is 0 Å². The van der Waals surface area contributed by atoms with E-state index in [0.29, 0.717) is 25.3 Å². The highest BCUT2D eigenvalue weighted by Gasteiger charge is 2.21. The third-order valence-electron chi connectivity index (χ3n) is 3.58. The van der Waals surface area contributed by atoms with Gasteiger partial charge in [0.15, 0.2) is 5.13 Å². The lowest BCUT2D eigenvalue weighted by atomic mass is 10.2. The number of rotatable bonds is 8. The van der Waals surface area contributed by atoms with E-state index in [0.717, 1.165) is 16.2 Å². The first-order valence-corrected chi connectivity index (χ1v) is 9.25. The van der Waals surface area contributed by atoms with Crippen molar-refractivity contribution >= 4 is 40.0 Å². The molecule has 9 heteroatoms. The maximum absolute atomic E-state index is 14.1. The molecule has 0 atom stereocenters. The number of halogens is 1. The number of thiazole rings is 1. The van der Waals surface area contributed by atoms with E-state index in [1.54, 1.807) is 18.6 Å². The van der Waals surface area contributed by atoms with Crippen LogP contribution in [-0.4, -0.2) is 37.1 Å². The van der Waals surface area contributed by atoms with Gasteiger partial charge in [-0.25, -0.2) is 9.37 Å². The van der Waals surface area contributed by atoms with E-state index in [1.807, 2.05) is 6.07 Å². The number of benzene rings is 1. The average molecular weight is 402 g/mol. The van der Waals surface area contributed by atoms with E-state index in [-0.39, 0.29) is 16.4 Å². The molecule has 0 saturated carbocycles. The molecule has 0 fully saturated rings. The summed E-state index contributed by atoms with van der Waals surface area (Å²) < 4.78 is 19.0. The second kappa shape index (κ2) is 10.3. The van der Waals surface area contributed by atoms with Gasteiger partial charge in [-0.2, -0.15) is 5.26 Å². The molecule has 0 aliphatic rings. The van der Waals surface area contributed by atoms with Crippen molar-refractivity contribution in [1.82, 2.24) is 10.3 Å². The summed E-state index contributed by atoms with van der Waals surface area (Å²) in [6.45, 7) is 2.18. The fourth-order valence-electron chi connectivity index (χ4n) is 2.30. The Morgan fingerprint density at radius 3 is 2.82 bits per heavy atom. The number of nitrogens with zero attached hydrogens (tertiary/aromatic N) is 3. The van der Waals surface area contributed by atoms with Crippen LogP contribution in [0, 0.1) is 17.1 Å². The number of nitriles is 1. The first kappa shape index (κ1) is 21.2. The third kappa shape index (κ3) is 5.45. The molecule has 146 valence electrons. The molecular weight excluding hydrogens is 383 g/mol. The molecule has 1 heterocycles. The Kier molecular flexibility index (Phi) is 7.80. The fourth-order valence-corrected chi connectivity index (χ4v) is 3.13. The zero-order chi connectivity index (χ0) is 20.5. The van der Waals surface area contributed by atoms with Crippen molar-refractivity contribution in [3.05, 3.63) is 46.7 Å². The minimum atomic E-state index is -0.557. The molecule has 1 aromatic carbocycles. The van der Waals surface area contributed by atoms with Gasteiger partial charge in [-0.1, -0.05) is 12.1 Å². The van der Waals surface area contributed by atoms with Crippen LogP contribution in [0.4, 0.5) is 15.2 Å². The molecule has 1 aromatic heterocycles. The number of hydrogen-bond acceptors (Lipinski definition) is 6. The molecule has 0 bridgehead atoms. The van der Waals surface area contributed by atoms with Crippen LogP contribution in [0.25, 0.3) is 6.08 Å². The summed E-state index contributed by atoms with van der Waals surface area (Å²) in [5.74, 6) is -1.49. The predicted octanol–water partition coefficient (Wildman–Crippen LogP) is 3.03. The Balaban J connectivity index is 2.22. The van der Waals surface area contributed by atoms with Gasteiger partial charge < -0.3 is 10.1 Å². The fraction of sp³-hybridized carbons (Fsp3) is 0.263. The number of nitrogens with one attached hydrogen (secondary N) is 1. The highest BCUT2D eigenvalue weighted by molar-refractivity contribution is 7.14. The van der Waals surface area contributed by atoms with Gasteiger partial charge in [-0.05, 0) is 24.6 Å². The van der Waals surface area contributed by atoms with Crippen molar-refractivity contribution in [2.24, 2.45) is 0 Å². The van der Waals surface area contributed by atoms with Crippen LogP contribution in [0.15, 0.2) is 35.2 Å². The topological polar surface area (TPSA) is 95.3 Å². The number of methoxy groups -OCH3 is 1. The van der Waals surface area contributed by atoms with Gasteiger partial charge >= 0.3 is 0 Å². The summed E-state index contributed by atoms with van der Waals surface area (Å²) in [6.07, 6.45) is 1.95. The van der Waals surface area contributed by atoms with Gasteiger partial charge in [0.2, 0.25) is 5.91 Å². The second-order valence-corrected chi connectivity index (χ2v) is 6.47. The molecule has 2 aromatic rings. The number of amides is 2. The number of carbonyl (C=O) groups excluding carboxylic acids is 2. The zero-order valence-corrected chi connectivity index (χ0v) is 16.3. The number of aromatic nitrogens is 1. The summed E-state index contributed by atoms with van der Waals surface area (Å²) in [4.78, 5) is 29.5. The number of ether oxygens (including phenoxy) is 1. The predicted molar refractivity (Wildman–Crippen MR) is 104 cm³/mol. The minimum absolute atomic E-state index is 0.0799. The highest BCUT2D eigenvalue weighted by atomic mass is 32.1. The Hall–Kier alpha value is -3.09. The molecule has 28 heavy (non-hydrogen) atoms. The van der Waals surface area contributed by atoms with Crippen molar-refractivity contribution < 1.29 is 18.7 Å². The summed E-state index contributed by atoms with van der Waals surface area (Å²) in [7, 11) is 1.56. The maximum Gasteiger partial charge on any atom is 0.262 e. The highest BCUT2D eigenvalue weighted by Crippen LogP contribution is 2.31. The van der Waals surface area contributed by atoms with E-state index >= 15 is 0 Å². The molecule has 0 saturated heterocycles. The lowest BCUT2D eigenvalue weighted by Gasteiger charge is -2.18. The molecule has 0 unspecified atom stereocenters. The Labute approximate surface area is 166 Å². The van der Waals surface area contributed by atoms with E-state index in [9.17, 15) is 19.2 Å². The van der Waals surface area contributed by atoms with Crippen molar-refractivity contribution in [3.8, 4) is 6.07 Å². The van der Waals surface area contributed by atoms with Crippen molar-refractivity contribution in [1.29, 1.82) is 5.26 Å². The Morgan fingerprint density at radius 2 is 2.18 bits per heavy atom. The van der Waals surface area contributed by atoms with E-state index in [4.69, 9.17) is 4.74 Å². The summed E-state index contributed by atoms with van der Waals surface area (Å²) in [5.41, 5.74) is 0.289. The van der Waals surface area contributed by atoms with Crippen LogP contribution in [0.1, 0.15) is 19.0 Å². The van der Waals surface area contributed by atoms with Crippen molar-refractivity contribution in [2.75, 3.05) is 25.2 Å². The lowest BCUT2D eigenvalue weighted by Crippen LogP contribution is -2.26. The minimum Gasteiger partial charge on any atom is -0.385 e. The molecule has 0 aliphatic heterocycles. The first-order chi connectivity index (χ1) is 13.5. The SMILES string of the molecule is COCCCNC(=O)/C(C#N)=C/c1csc(N(C(C)=O)c2ccccc2F)n1. The second-order valence-electron chi connectivity index (χ2n) is 5.63. The zero-order valence-electron chi connectivity index (χ0n) is 15.4. The van der Waals surface area contributed by atoms with Gasteiger partial charge in [0.05, 0.1) is 11.4 Å². The van der Waals surface area contributed by atoms with Crippen LogP contribution < -0.4 is 10.2 Å². The molecule has 2 amide bonds. The molecule has 0 aliphatic carbocycles. The van der Waals surface area contributed by atoms with Gasteiger partial charge in [-0.3, -0.25) is 14.5 Å². The molecule has 2 rings (SSSR count). The van der Waals surface area contributed by atoms with Crippen molar-refractivity contribution in [2.45, 2.75) is 13.3 Å². The standard InChI is InChI=1S/C19H19FN4O3S/c1-13(25)24(17-7-4-3-6-16(17)20)19-23-15(12-28-19)10-14(11-21)18(26)22-8-5-9-27-2/h3-4,6-7,10,12H,5,8-9H2,1-2H3,(H,22,26)/b14-10+. The van der Waals surface area contributed by atoms with Gasteiger partial charge in [-0.15, -0.1) is 11.3 Å². The third-order valence-corrected chi connectivity index (χ3v) is 4.42. The van der Waals surface area contributed by atoms with E-state index < -0.39 is 17.6 Å². The van der Waals surface area contributed by atoms with E-state index in [1.165, 1.54) is 31.2 Å². The normalized spacial score (nSPS) is 11.0. The van der Waals surface area contributed by atoms with Crippen LogP contribution in [0.2, 0.25) is 0 Å². The first-order valence-electron chi connectivity index (χ1n) is 8.37. The van der Waals surface area contributed by atoms with Crippen LogP contribution >= 0.6 is 11.3 Å².